The number of sulfonamides is 1. The molecule has 0 radical (unpaired) electrons. The molecule has 0 saturated carbocycles. The van der Waals surface area contributed by atoms with E-state index in [1.165, 1.54) is 0 Å². The number of carbonyl (C=O) groups is 1. The van der Waals surface area contributed by atoms with Gasteiger partial charge in [0.1, 0.15) is 5.75 Å². The Kier molecular flexibility index (Phi) is 7.07. The van der Waals surface area contributed by atoms with Gasteiger partial charge >= 0.3 is 0 Å². The van der Waals surface area contributed by atoms with Crippen molar-refractivity contribution < 1.29 is 23.1 Å². The van der Waals surface area contributed by atoms with Gasteiger partial charge in [-0.3, -0.25) is 4.79 Å². The number of hydrogen-bond acceptors (Lipinski definition) is 6. The monoisotopic (exact) mass is 436 g/mol. The molecule has 1 aromatic carbocycles. The van der Waals surface area contributed by atoms with Crippen LogP contribution in [0.15, 0.2) is 53.9 Å². The van der Waals surface area contributed by atoms with E-state index in [9.17, 15) is 18.3 Å². The van der Waals surface area contributed by atoms with E-state index >= 15 is 0 Å². The average Bonchev–Trinajstić information content (AvgIpc) is 3.29. The first-order valence-electron chi connectivity index (χ1n) is 9.20. The second kappa shape index (κ2) is 9.53. The molecular weight excluding hydrogens is 412 g/mol. The molecule has 29 heavy (non-hydrogen) atoms. The minimum absolute atomic E-state index is 0.0447. The maximum Gasteiger partial charge on any atom is 0.244 e. The third-order valence-corrected chi connectivity index (χ3v) is 5.91. The highest BCUT2D eigenvalue weighted by atomic mass is 32.2. The fraction of sp³-hybridized carbons (Fsp3) is 0.350. The number of amides is 1. The number of ether oxygens (including phenoxy) is 1. The first-order chi connectivity index (χ1) is 13.8. The summed E-state index contributed by atoms with van der Waals surface area (Å²) in [5, 5.41) is 17.2. The number of nitrogens with zero attached hydrogens (tertiary/aromatic N) is 1. The van der Waals surface area contributed by atoms with Crippen molar-refractivity contribution in [1.29, 1.82) is 0 Å². The van der Waals surface area contributed by atoms with Crippen LogP contribution in [0.5, 0.6) is 5.75 Å². The van der Waals surface area contributed by atoms with Gasteiger partial charge in [-0.2, -0.15) is 0 Å². The maximum atomic E-state index is 12.3. The van der Waals surface area contributed by atoms with Crippen LogP contribution in [0.2, 0.25) is 0 Å². The van der Waals surface area contributed by atoms with Crippen LogP contribution in [-0.2, 0) is 27.8 Å². The summed E-state index contributed by atoms with van der Waals surface area (Å²) in [6.07, 6.45) is 4.76. The third kappa shape index (κ3) is 6.67. The largest absolute Gasteiger partial charge is 0.476 e. The molecule has 1 saturated heterocycles. The van der Waals surface area contributed by atoms with Gasteiger partial charge in [-0.05, 0) is 35.6 Å². The predicted molar refractivity (Wildman–Crippen MR) is 112 cm³/mol. The Morgan fingerprint density at radius 1 is 1.34 bits per heavy atom. The second-order valence-electron chi connectivity index (χ2n) is 6.94. The summed E-state index contributed by atoms with van der Waals surface area (Å²) in [7, 11) is -3.73. The maximum absolute atomic E-state index is 12.3. The van der Waals surface area contributed by atoms with E-state index < -0.39 is 22.1 Å². The first-order valence-corrected chi connectivity index (χ1v) is 11.8. The van der Waals surface area contributed by atoms with Gasteiger partial charge in [0.2, 0.25) is 21.9 Å². The summed E-state index contributed by atoms with van der Waals surface area (Å²) < 4.78 is 27.3. The highest BCUT2D eigenvalue weighted by molar-refractivity contribution is 7.88. The van der Waals surface area contributed by atoms with Crippen LogP contribution in [0.3, 0.4) is 0 Å². The molecule has 1 unspecified atom stereocenters. The summed E-state index contributed by atoms with van der Waals surface area (Å²) in [4.78, 5) is 15.2. The minimum Gasteiger partial charge on any atom is -0.476 e. The van der Waals surface area contributed by atoms with E-state index in [1.807, 2.05) is 29.7 Å². The molecule has 3 rings (SSSR count). The summed E-state index contributed by atoms with van der Waals surface area (Å²) in [5.74, 6) is -0.183. The predicted octanol–water partition coefficient (Wildman–Crippen LogP) is 2.02. The van der Waals surface area contributed by atoms with Gasteiger partial charge in [-0.15, -0.1) is 11.3 Å². The van der Waals surface area contributed by atoms with Crippen molar-refractivity contribution in [2.24, 2.45) is 5.14 Å². The molecule has 3 N–H and O–H groups in total. The molecule has 1 amide bonds. The number of aliphatic hydroxyl groups excluding tert-OH is 1. The van der Waals surface area contributed by atoms with Crippen LogP contribution >= 0.6 is 11.3 Å². The lowest BCUT2D eigenvalue weighted by Crippen LogP contribution is -2.31. The topological polar surface area (TPSA) is 110 Å². The summed E-state index contributed by atoms with van der Waals surface area (Å²) in [6, 6.07) is 10.8. The van der Waals surface area contributed by atoms with Gasteiger partial charge < -0.3 is 14.7 Å². The van der Waals surface area contributed by atoms with Crippen LogP contribution in [0.1, 0.15) is 23.3 Å². The lowest BCUT2D eigenvalue weighted by molar-refractivity contribution is -0.129. The van der Waals surface area contributed by atoms with E-state index in [0.29, 0.717) is 31.6 Å². The molecule has 0 bridgehead atoms. The highest BCUT2D eigenvalue weighted by Crippen LogP contribution is 2.24. The Hall–Kier alpha value is -2.20. The third-order valence-electron chi connectivity index (χ3n) is 4.56. The number of primary sulfonamides is 1. The molecule has 156 valence electrons. The second-order valence-corrected chi connectivity index (χ2v) is 9.53. The van der Waals surface area contributed by atoms with Crippen molar-refractivity contribution in [3.05, 3.63) is 64.4 Å². The van der Waals surface area contributed by atoms with Crippen molar-refractivity contribution in [3.8, 4) is 5.75 Å². The molecule has 2 atom stereocenters. The van der Waals surface area contributed by atoms with E-state index in [0.717, 1.165) is 10.4 Å². The van der Waals surface area contributed by atoms with Crippen molar-refractivity contribution in [2.45, 2.75) is 38.0 Å². The molecule has 1 aliphatic heterocycles. The van der Waals surface area contributed by atoms with Crippen LogP contribution in [0.4, 0.5) is 0 Å². The van der Waals surface area contributed by atoms with Crippen LogP contribution in [0.25, 0.3) is 0 Å². The lowest BCUT2D eigenvalue weighted by Gasteiger charge is -2.23. The number of thiophene rings is 1. The number of hydrogen-bond donors (Lipinski definition) is 2. The quantitative estimate of drug-likeness (QED) is 0.585. The smallest absolute Gasteiger partial charge is 0.244 e. The molecule has 1 fully saturated rings. The molecule has 1 aliphatic rings. The zero-order valence-corrected chi connectivity index (χ0v) is 17.4. The van der Waals surface area contributed by atoms with Gasteiger partial charge in [0.15, 0.2) is 0 Å². The summed E-state index contributed by atoms with van der Waals surface area (Å²) in [5.41, 5.74) is 0.824. The number of nitrogens with two attached hydrogens (primary N) is 1. The van der Waals surface area contributed by atoms with Gasteiger partial charge in [0, 0.05) is 24.3 Å². The van der Waals surface area contributed by atoms with Crippen molar-refractivity contribution >= 4 is 27.3 Å². The van der Waals surface area contributed by atoms with Crippen LogP contribution in [-0.4, -0.2) is 42.4 Å². The zero-order valence-electron chi connectivity index (χ0n) is 15.8. The Balaban J connectivity index is 1.62. The average molecular weight is 437 g/mol. The van der Waals surface area contributed by atoms with Gasteiger partial charge in [0.25, 0.3) is 0 Å². The Labute approximate surface area is 174 Å². The number of aliphatic hydroxyl groups is 1. The van der Waals surface area contributed by atoms with Crippen molar-refractivity contribution in [1.82, 2.24) is 4.90 Å². The molecule has 0 spiro atoms. The fourth-order valence-electron chi connectivity index (χ4n) is 3.20. The van der Waals surface area contributed by atoms with Crippen molar-refractivity contribution in [2.75, 3.05) is 5.94 Å². The van der Waals surface area contributed by atoms with E-state index in [2.05, 4.69) is 0 Å². The number of rotatable bonds is 9. The molecule has 9 heteroatoms. The van der Waals surface area contributed by atoms with Crippen molar-refractivity contribution in [3.63, 3.8) is 0 Å². The number of likely N-dealkylation sites (tertiary alicyclic amines) is 1. The zero-order chi connectivity index (χ0) is 20.9. The number of benzene rings is 1. The fourth-order valence-corrected chi connectivity index (χ4v) is 4.26. The lowest BCUT2D eigenvalue weighted by atomic mass is 10.1. The molecule has 1 aromatic heterocycles. The molecule has 2 heterocycles. The first kappa shape index (κ1) is 21.5. The SMILES string of the molecule is NS(=O)(=O)COc1cccc(CN2C(=O)CC[C@@H]2/C=C/C(O)Cc2cccs2)c1. The van der Waals surface area contributed by atoms with E-state index in [-0.39, 0.29) is 11.9 Å². The standard InChI is InChI=1S/C20H24N2O5S2/c21-29(25,26)14-27-18-4-1-3-15(11-18)13-22-16(7-9-20(22)24)6-8-17(23)12-19-5-2-10-28-19/h1-6,8,10-11,16-17,23H,7,9,12-14H2,(H2,21,25,26)/b8-6+/t16-,17?/m0/s1. The summed E-state index contributed by atoms with van der Waals surface area (Å²) >= 11 is 1.60. The van der Waals surface area contributed by atoms with Gasteiger partial charge in [-0.25, -0.2) is 13.6 Å². The molecule has 7 nitrogen and oxygen atoms in total. The molecule has 0 aliphatic carbocycles. The normalized spacial score (nSPS) is 18.5. The Bertz CT molecular complexity index is 957. The Morgan fingerprint density at radius 2 is 2.17 bits per heavy atom. The van der Waals surface area contributed by atoms with E-state index in [4.69, 9.17) is 9.88 Å². The van der Waals surface area contributed by atoms with Crippen LogP contribution in [0, 0.1) is 0 Å². The van der Waals surface area contributed by atoms with Gasteiger partial charge in [-0.1, -0.05) is 30.4 Å². The summed E-state index contributed by atoms with van der Waals surface area (Å²) in [6.45, 7) is 0.376. The Morgan fingerprint density at radius 3 is 2.90 bits per heavy atom. The minimum atomic E-state index is -3.73. The highest BCUT2D eigenvalue weighted by Gasteiger charge is 2.29. The number of carbonyl (C=O) groups excluding carboxylic acids is 1. The molecular formula is C20H24N2O5S2. The van der Waals surface area contributed by atoms with Crippen LogP contribution < -0.4 is 9.88 Å². The van der Waals surface area contributed by atoms with E-state index in [1.54, 1.807) is 40.5 Å². The molecule has 2 aromatic rings. The van der Waals surface area contributed by atoms with Gasteiger partial charge in [0.05, 0.1) is 12.1 Å².